The van der Waals surface area contributed by atoms with Crippen LogP contribution >= 0.6 is 0 Å². The van der Waals surface area contributed by atoms with Gasteiger partial charge in [-0.15, -0.1) is 6.58 Å². The van der Waals surface area contributed by atoms with Crippen molar-refractivity contribution in [3.05, 3.63) is 36.7 Å². The Balaban J connectivity index is 2.84. The van der Waals surface area contributed by atoms with E-state index in [1.807, 2.05) is 0 Å². The van der Waals surface area contributed by atoms with E-state index in [2.05, 4.69) is 17.2 Å². The number of hydrogen-bond acceptors (Lipinski definition) is 4. The van der Waals surface area contributed by atoms with E-state index in [4.69, 9.17) is 0 Å². The van der Waals surface area contributed by atoms with E-state index in [0.717, 1.165) is 18.4 Å². The van der Waals surface area contributed by atoms with Crippen LogP contribution in [0.4, 0.5) is 10.1 Å². The molecule has 19 heavy (non-hydrogen) atoms. The van der Waals surface area contributed by atoms with Crippen molar-refractivity contribution in [3.8, 4) is 0 Å². The molecule has 1 rings (SSSR count). The highest BCUT2D eigenvalue weighted by molar-refractivity contribution is 7.90. The molecule has 104 valence electrons. The Morgan fingerprint density at radius 2 is 2.16 bits per heavy atom. The Labute approximate surface area is 111 Å². The standard InChI is InChI=1S/C12H15FN2O3S/c1-3-6-14-12(16)8-15-10-5-4-9(13)7-11(10)19(2,17)18/h3-5,7,15H,1,6,8H2,2H3,(H,14,16). The second-order valence-corrected chi connectivity index (χ2v) is 5.84. The number of halogens is 1. The molecular weight excluding hydrogens is 271 g/mol. The molecule has 1 amide bonds. The molecule has 0 aliphatic rings. The van der Waals surface area contributed by atoms with Gasteiger partial charge in [0.05, 0.1) is 17.1 Å². The van der Waals surface area contributed by atoms with E-state index in [-0.39, 0.29) is 23.0 Å². The van der Waals surface area contributed by atoms with E-state index in [0.29, 0.717) is 6.54 Å². The van der Waals surface area contributed by atoms with Crippen molar-refractivity contribution >= 4 is 21.4 Å². The Hall–Kier alpha value is -1.89. The number of hydrogen-bond donors (Lipinski definition) is 2. The van der Waals surface area contributed by atoms with Gasteiger partial charge in [-0.1, -0.05) is 6.08 Å². The van der Waals surface area contributed by atoms with Crippen LogP contribution in [0.15, 0.2) is 35.7 Å². The maximum absolute atomic E-state index is 13.1. The number of carbonyl (C=O) groups is 1. The van der Waals surface area contributed by atoms with Crippen LogP contribution in [0.2, 0.25) is 0 Å². The fraction of sp³-hybridized carbons (Fsp3) is 0.250. The molecule has 0 fully saturated rings. The van der Waals surface area contributed by atoms with Crippen molar-refractivity contribution in [2.24, 2.45) is 0 Å². The van der Waals surface area contributed by atoms with E-state index in [9.17, 15) is 17.6 Å². The summed E-state index contributed by atoms with van der Waals surface area (Å²) in [6.45, 7) is 3.66. The Kier molecular flexibility index (Phi) is 5.05. The van der Waals surface area contributed by atoms with Gasteiger partial charge in [0.15, 0.2) is 9.84 Å². The summed E-state index contributed by atoms with van der Waals surface area (Å²) in [5.41, 5.74) is 0.192. The van der Waals surface area contributed by atoms with Crippen molar-refractivity contribution in [2.45, 2.75) is 4.90 Å². The molecule has 0 bridgehead atoms. The van der Waals surface area contributed by atoms with Crippen LogP contribution in [-0.4, -0.2) is 33.7 Å². The first-order valence-electron chi connectivity index (χ1n) is 5.45. The Morgan fingerprint density at radius 3 is 2.74 bits per heavy atom. The number of nitrogens with one attached hydrogen (secondary N) is 2. The van der Waals surface area contributed by atoms with Gasteiger partial charge in [0, 0.05) is 12.8 Å². The average molecular weight is 286 g/mol. The summed E-state index contributed by atoms with van der Waals surface area (Å²) in [5, 5.41) is 5.19. The quantitative estimate of drug-likeness (QED) is 0.763. The average Bonchev–Trinajstić information content (AvgIpc) is 2.33. The molecule has 0 spiro atoms. The van der Waals surface area contributed by atoms with Gasteiger partial charge in [0.25, 0.3) is 0 Å². The SMILES string of the molecule is C=CCNC(=O)CNc1ccc(F)cc1S(C)(=O)=O. The van der Waals surface area contributed by atoms with Crippen molar-refractivity contribution in [2.75, 3.05) is 24.7 Å². The topological polar surface area (TPSA) is 75.3 Å². The molecule has 7 heteroatoms. The zero-order valence-corrected chi connectivity index (χ0v) is 11.3. The molecule has 0 atom stereocenters. The van der Waals surface area contributed by atoms with Gasteiger partial charge in [-0.3, -0.25) is 4.79 Å². The van der Waals surface area contributed by atoms with Crippen molar-refractivity contribution in [1.82, 2.24) is 5.32 Å². The maximum atomic E-state index is 13.1. The van der Waals surface area contributed by atoms with Crippen molar-refractivity contribution < 1.29 is 17.6 Å². The molecule has 1 aromatic rings. The Bertz CT molecular complexity index is 585. The number of rotatable bonds is 6. The van der Waals surface area contributed by atoms with Gasteiger partial charge < -0.3 is 10.6 Å². The summed E-state index contributed by atoms with van der Waals surface area (Å²) in [4.78, 5) is 11.2. The van der Waals surface area contributed by atoms with Gasteiger partial charge in [-0.05, 0) is 18.2 Å². The highest BCUT2D eigenvalue weighted by atomic mass is 32.2. The number of carbonyl (C=O) groups excluding carboxylic acids is 1. The lowest BCUT2D eigenvalue weighted by Crippen LogP contribution is -2.30. The monoisotopic (exact) mass is 286 g/mol. The lowest BCUT2D eigenvalue weighted by atomic mass is 10.3. The lowest BCUT2D eigenvalue weighted by molar-refractivity contribution is -0.119. The van der Waals surface area contributed by atoms with Crippen LogP contribution in [0.25, 0.3) is 0 Å². The number of benzene rings is 1. The lowest BCUT2D eigenvalue weighted by Gasteiger charge is -2.10. The van der Waals surface area contributed by atoms with Crippen LogP contribution in [0.3, 0.4) is 0 Å². The Morgan fingerprint density at radius 1 is 1.47 bits per heavy atom. The molecule has 0 saturated heterocycles. The first-order valence-corrected chi connectivity index (χ1v) is 7.35. The molecule has 0 radical (unpaired) electrons. The highest BCUT2D eigenvalue weighted by Gasteiger charge is 2.14. The summed E-state index contributed by atoms with van der Waals surface area (Å²) < 4.78 is 36.1. The molecule has 1 aromatic carbocycles. The molecule has 0 unspecified atom stereocenters. The number of anilines is 1. The number of amides is 1. The fourth-order valence-corrected chi connectivity index (χ4v) is 2.24. The first-order chi connectivity index (χ1) is 8.84. The van der Waals surface area contributed by atoms with Crippen LogP contribution < -0.4 is 10.6 Å². The second-order valence-electron chi connectivity index (χ2n) is 3.86. The van der Waals surface area contributed by atoms with E-state index in [1.165, 1.54) is 12.1 Å². The van der Waals surface area contributed by atoms with Crippen molar-refractivity contribution in [1.29, 1.82) is 0 Å². The third kappa shape index (κ3) is 4.70. The molecule has 5 nitrogen and oxygen atoms in total. The summed E-state index contributed by atoms with van der Waals surface area (Å²) in [5.74, 6) is -0.967. The summed E-state index contributed by atoms with van der Waals surface area (Å²) in [6, 6.07) is 3.32. The molecule has 0 heterocycles. The van der Waals surface area contributed by atoms with Crippen LogP contribution in [0.5, 0.6) is 0 Å². The molecular formula is C12H15FN2O3S. The highest BCUT2D eigenvalue weighted by Crippen LogP contribution is 2.21. The van der Waals surface area contributed by atoms with E-state index >= 15 is 0 Å². The minimum absolute atomic E-state index is 0.109. The largest absolute Gasteiger partial charge is 0.375 e. The second kappa shape index (κ2) is 6.33. The molecule has 0 aromatic heterocycles. The first kappa shape index (κ1) is 15.2. The van der Waals surface area contributed by atoms with Crippen molar-refractivity contribution in [3.63, 3.8) is 0 Å². The minimum Gasteiger partial charge on any atom is -0.375 e. The third-order valence-electron chi connectivity index (χ3n) is 2.23. The van der Waals surface area contributed by atoms with Crippen LogP contribution in [0, 0.1) is 5.82 Å². The predicted octanol–water partition coefficient (Wildman–Crippen LogP) is 0.943. The maximum Gasteiger partial charge on any atom is 0.239 e. The number of sulfone groups is 1. The van der Waals surface area contributed by atoms with Crippen LogP contribution in [-0.2, 0) is 14.6 Å². The predicted molar refractivity (Wildman–Crippen MR) is 71.2 cm³/mol. The smallest absolute Gasteiger partial charge is 0.239 e. The van der Waals surface area contributed by atoms with Gasteiger partial charge in [0.2, 0.25) is 5.91 Å². The third-order valence-corrected chi connectivity index (χ3v) is 3.36. The zero-order chi connectivity index (χ0) is 14.5. The van der Waals surface area contributed by atoms with Crippen LogP contribution in [0.1, 0.15) is 0 Å². The van der Waals surface area contributed by atoms with Gasteiger partial charge in [-0.25, -0.2) is 12.8 Å². The summed E-state index contributed by atoms with van der Waals surface area (Å²) >= 11 is 0. The van der Waals surface area contributed by atoms with Gasteiger partial charge in [-0.2, -0.15) is 0 Å². The normalized spacial score (nSPS) is 10.8. The summed E-state index contributed by atoms with van der Waals surface area (Å²) in [6.07, 6.45) is 2.50. The van der Waals surface area contributed by atoms with Gasteiger partial charge >= 0.3 is 0 Å². The molecule has 0 aliphatic heterocycles. The van der Waals surface area contributed by atoms with E-state index in [1.54, 1.807) is 0 Å². The fourth-order valence-electron chi connectivity index (χ4n) is 1.37. The van der Waals surface area contributed by atoms with Gasteiger partial charge in [0.1, 0.15) is 5.82 Å². The summed E-state index contributed by atoms with van der Waals surface area (Å²) in [7, 11) is -3.57. The minimum atomic E-state index is -3.57. The molecule has 0 saturated carbocycles. The van der Waals surface area contributed by atoms with E-state index < -0.39 is 15.7 Å². The molecule has 2 N–H and O–H groups in total. The zero-order valence-electron chi connectivity index (χ0n) is 10.4. The molecule has 0 aliphatic carbocycles.